The van der Waals surface area contributed by atoms with E-state index in [2.05, 4.69) is 199 Å². The van der Waals surface area contributed by atoms with E-state index >= 15 is 0 Å². The predicted molar refractivity (Wildman–Crippen MR) is 278 cm³/mol. The van der Waals surface area contributed by atoms with Gasteiger partial charge in [0.25, 0.3) is 0 Å². The second-order valence-corrected chi connectivity index (χ2v) is 17.8. The number of allylic oxidation sites excluding steroid dienone is 1. The Hall–Kier alpha value is -8.45. The SMILES string of the molecule is C=Cc1sc2cc(-c3nc(-c4ccc(-c5ccccc5)cc4)nc(-c4ccc5oc6cc7ccccc7cc6c5c4-n4c5ccccc5c5cc6ccccc6cc54)n3)ccc2c1/C=C\C. The van der Waals surface area contributed by atoms with Gasteiger partial charge in [-0.3, -0.25) is 0 Å². The highest BCUT2D eigenvalue weighted by Gasteiger charge is 2.25. The average Bonchev–Trinajstić information content (AvgIpc) is 4.03. The number of benzene rings is 9. The van der Waals surface area contributed by atoms with Gasteiger partial charge < -0.3 is 8.98 Å². The molecule has 9 aromatic carbocycles. The van der Waals surface area contributed by atoms with Gasteiger partial charge in [0, 0.05) is 47.8 Å². The molecule has 0 fully saturated rings. The number of para-hydroxylation sites is 1. The van der Waals surface area contributed by atoms with Gasteiger partial charge in [0.15, 0.2) is 17.5 Å². The second kappa shape index (κ2) is 15.1. The molecule has 0 spiro atoms. The highest BCUT2D eigenvalue weighted by molar-refractivity contribution is 7.20. The topological polar surface area (TPSA) is 56.7 Å². The summed E-state index contributed by atoms with van der Waals surface area (Å²) >= 11 is 1.73. The molecule has 0 atom stereocenters. The van der Waals surface area contributed by atoms with Crippen molar-refractivity contribution in [2.45, 2.75) is 6.92 Å². The molecule has 0 bridgehead atoms. The maximum absolute atomic E-state index is 6.82. The Bertz CT molecular complexity index is 4140. The lowest BCUT2D eigenvalue weighted by Gasteiger charge is -2.16. The third-order valence-corrected chi connectivity index (χ3v) is 14.1. The number of furan rings is 1. The van der Waals surface area contributed by atoms with Crippen molar-refractivity contribution in [3.8, 4) is 51.0 Å². The molecule has 0 aliphatic rings. The zero-order valence-electron chi connectivity index (χ0n) is 35.9. The minimum atomic E-state index is 0.563. The van der Waals surface area contributed by atoms with Crippen LogP contribution in [0.2, 0.25) is 0 Å². The van der Waals surface area contributed by atoms with E-state index in [9.17, 15) is 0 Å². The fourth-order valence-electron chi connectivity index (χ4n) is 9.81. The van der Waals surface area contributed by atoms with Crippen LogP contribution in [0.15, 0.2) is 199 Å². The van der Waals surface area contributed by atoms with Gasteiger partial charge in [0.2, 0.25) is 0 Å². The molecule has 310 valence electrons. The third kappa shape index (κ3) is 6.03. The fourth-order valence-corrected chi connectivity index (χ4v) is 10.9. The molecule has 6 heteroatoms. The Kier molecular flexibility index (Phi) is 8.70. The number of rotatable bonds is 7. The highest BCUT2D eigenvalue weighted by Crippen LogP contribution is 2.45. The van der Waals surface area contributed by atoms with Crippen molar-refractivity contribution in [3.05, 3.63) is 205 Å². The van der Waals surface area contributed by atoms with Crippen molar-refractivity contribution < 1.29 is 4.42 Å². The van der Waals surface area contributed by atoms with Crippen LogP contribution in [-0.2, 0) is 0 Å². The normalized spacial score (nSPS) is 12.0. The minimum Gasteiger partial charge on any atom is -0.456 e. The molecule has 13 aromatic rings. The van der Waals surface area contributed by atoms with Crippen molar-refractivity contribution in [2.75, 3.05) is 0 Å². The number of hydrogen-bond donors (Lipinski definition) is 0. The summed E-state index contributed by atoms with van der Waals surface area (Å²) in [5, 5.41) is 10.1. The molecule has 0 amide bonds. The van der Waals surface area contributed by atoms with Crippen molar-refractivity contribution in [3.63, 3.8) is 0 Å². The van der Waals surface area contributed by atoms with Crippen LogP contribution in [0.4, 0.5) is 0 Å². The van der Waals surface area contributed by atoms with Gasteiger partial charge >= 0.3 is 0 Å². The monoisotopic (exact) mass is 862 g/mol. The zero-order valence-corrected chi connectivity index (χ0v) is 36.7. The summed E-state index contributed by atoms with van der Waals surface area (Å²) in [5.41, 5.74) is 10.8. The van der Waals surface area contributed by atoms with E-state index in [0.717, 1.165) is 97.6 Å². The predicted octanol–water partition coefficient (Wildman–Crippen LogP) is 16.7. The summed E-state index contributed by atoms with van der Waals surface area (Å²) in [5.74, 6) is 1.74. The van der Waals surface area contributed by atoms with Gasteiger partial charge in [-0.2, -0.15) is 0 Å². The zero-order chi connectivity index (χ0) is 43.9. The summed E-state index contributed by atoms with van der Waals surface area (Å²) in [4.78, 5) is 17.3. The maximum atomic E-state index is 6.82. The van der Waals surface area contributed by atoms with Gasteiger partial charge in [-0.15, -0.1) is 11.3 Å². The molecule has 0 saturated carbocycles. The lowest BCUT2D eigenvalue weighted by molar-refractivity contribution is 0.669. The Labute approximate surface area is 383 Å². The maximum Gasteiger partial charge on any atom is 0.166 e. The van der Waals surface area contributed by atoms with Crippen LogP contribution in [0.25, 0.3) is 139 Å². The molecule has 66 heavy (non-hydrogen) atoms. The van der Waals surface area contributed by atoms with Crippen LogP contribution in [0.1, 0.15) is 17.4 Å². The first-order valence-corrected chi connectivity index (χ1v) is 23.0. The first-order chi connectivity index (χ1) is 32.6. The second-order valence-electron chi connectivity index (χ2n) is 16.7. The van der Waals surface area contributed by atoms with Gasteiger partial charge in [-0.25, -0.2) is 15.0 Å². The van der Waals surface area contributed by atoms with Crippen molar-refractivity contribution in [1.82, 2.24) is 19.5 Å². The van der Waals surface area contributed by atoms with Crippen LogP contribution in [0, 0.1) is 0 Å². The van der Waals surface area contributed by atoms with Gasteiger partial charge in [-0.1, -0.05) is 158 Å². The molecule has 0 N–H and O–H groups in total. The number of thiophene rings is 1. The number of nitrogens with zero attached hydrogens (tertiary/aromatic N) is 4. The van der Waals surface area contributed by atoms with Crippen LogP contribution < -0.4 is 0 Å². The molecular formula is C60H38N4OS. The first kappa shape index (κ1) is 38.0. The van der Waals surface area contributed by atoms with E-state index < -0.39 is 0 Å². The summed E-state index contributed by atoms with van der Waals surface area (Å²) in [6.45, 7) is 6.18. The van der Waals surface area contributed by atoms with Crippen LogP contribution in [0.3, 0.4) is 0 Å². The molecule has 13 rings (SSSR count). The van der Waals surface area contributed by atoms with Crippen molar-refractivity contribution >= 4 is 98.9 Å². The molecule has 4 heterocycles. The molecule has 0 unspecified atom stereocenters. The minimum absolute atomic E-state index is 0.563. The van der Waals surface area contributed by atoms with Crippen LogP contribution in [-0.4, -0.2) is 19.5 Å². The Morgan fingerprint density at radius 1 is 0.500 bits per heavy atom. The van der Waals surface area contributed by atoms with Crippen molar-refractivity contribution in [2.24, 2.45) is 0 Å². The number of hydrogen-bond acceptors (Lipinski definition) is 5. The highest BCUT2D eigenvalue weighted by atomic mass is 32.1. The summed E-state index contributed by atoms with van der Waals surface area (Å²) < 4.78 is 10.4. The molecule has 4 aromatic heterocycles. The number of fused-ring (bicyclic) bond motifs is 9. The van der Waals surface area contributed by atoms with E-state index in [-0.39, 0.29) is 0 Å². The van der Waals surface area contributed by atoms with Gasteiger partial charge in [-0.05, 0) is 93.7 Å². The lowest BCUT2D eigenvalue weighted by atomic mass is 10.0. The van der Waals surface area contributed by atoms with Gasteiger partial charge in [0.1, 0.15) is 11.2 Å². The van der Waals surface area contributed by atoms with Crippen LogP contribution >= 0.6 is 11.3 Å². The smallest absolute Gasteiger partial charge is 0.166 e. The van der Waals surface area contributed by atoms with E-state index in [1.165, 1.54) is 21.7 Å². The van der Waals surface area contributed by atoms with E-state index in [0.29, 0.717) is 17.5 Å². The summed E-state index contributed by atoms with van der Waals surface area (Å²) in [6, 6.07) is 64.5. The van der Waals surface area contributed by atoms with E-state index in [4.69, 9.17) is 19.4 Å². The summed E-state index contributed by atoms with van der Waals surface area (Å²) in [6.07, 6.45) is 6.18. The fraction of sp³-hybridized carbons (Fsp3) is 0.0167. The lowest BCUT2D eigenvalue weighted by Crippen LogP contribution is -2.04. The van der Waals surface area contributed by atoms with Crippen molar-refractivity contribution in [1.29, 1.82) is 0 Å². The summed E-state index contributed by atoms with van der Waals surface area (Å²) in [7, 11) is 0. The Morgan fingerprint density at radius 2 is 1.12 bits per heavy atom. The average molecular weight is 863 g/mol. The van der Waals surface area contributed by atoms with E-state index in [1.54, 1.807) is 11.3 Å². The molecule has 0 aliphatic heterocycles. The Balaban J connectivity index is 1.13. The Morgan fingerprint density at radius 3 is 1.88 bits per heavy atom. The molecule has 0 radical (unpaired) electrons. The van der Waals surface area contributed by atoms with E-state index in [1.807, 2.05) is 19.1 Å². The first-order valence-electron chi connectivity index (χ1n) is 22.1. The third-order valence-electron chi connectivity index (χ3n) is 12.9. The standard InChI is InChI=1S/C60H38N4OS/c1-3-14-45-46-28-27-43(35-55(46)66-54(45)4-2)59-61-58(38-25-23-37(24-26-38)36-15-6-5-7-16-36)62-60(63-59)47-29-30-52-56(49-32-40-18-9-11-20-42(40)34-53(49)65-52)57(47)64-50-22-13-12-21-44(50)48-31-39-17-8-10-19-41(39)33-51(48)64/h3-35H,2H2,1H3/b14-3-. The largest absolute Gasteiger partial charge is 0.456 e. The van der Waals surface area contributed by atoms with Crippen LogP contribution in [0.5, 0.6) is 0 Å². The van der Waals surface area contributed by atoms with Gasteiger partial charge in [0.05, 0.1) is 22.1 Å². The molecular weight excluding hydrogens is 825 g/mol. The molecule has 0 saturated heterocycles. The molecule has 0 aliphatic carbocycles. The quantitative estimate of drug-likeness (QED) is 0.160. The number of aromatic nitrogens is 4. The molecule has 5 nitrogen and oxygen atoms in total.